The van der Waals surface area contributed by atoms with E-state index in [-0.39, 0.29) is 6.03 Å². The number of anilines is 2. The molecule has 2 aromatic heterocycles. The molecule has 0 saturated carbocycles. The number of nitrogens with zero attached hydrogens (tertiary/aromatic N) is 2. The molecule has 0 bridgehead atoms. The summed E-state index contributed by atoms with van der Waals surface area (Å²) in [6, 6.07) is 12.1. The number of nitrogens with one attached hydrogen (secondary N) is 2. The number of carbonyl (C=O) groups is 1. The van der Waals surface area contributed by atoms with E-state index >= 15 is 0 Å². The molecule has 0 unspecified atom stereocenters. The van der Waals surface area contributed by atoms with Gasteiger partial charge in [-0.2, -0.15) is 5.10 Å². The Labute approximate surface area is 168 Å². The SMILES string of the molecule is Cn1ncc(Br)c1-c1cc(NC(=O)Nc2ccc(Cl)cc2)cc2ccoc12. The molecule has 0 radical (unpaired) electrons. The highest BCUT2D eigenvalue weighted by molar-refractivity contribution is 9.10. The number of rotatable bonds is 3. The summed E-state index contributed by atoms with van der Waals surface area (Å²) in [5.74, 6) is 0. The molecular formula is C19H14BrClN4O2. The largest absolute Gasteiger partial charge is 0.464 e. The number of aromatic nitrogens is 2. The normalized spacial score (nSPS) is 10.9. The van der Waals surface area contributed by atoms with Crippen molar-refractivity contribution in [1.29, 1.82) is 0 Å². The van der Waals surface area contributed by atoms with Crippen molar-refractivity contribution < 1.29 is 9.21 Å². The smallest absolute Gasteiger partial charge is 0.323 e. The molecule has 2 amide bonds. The molecule has 0 aliphatic rings. The zero-order valence-corrected chi connectivity index (χ0v) is 16.5. The number of halogens is 2. The lowest BCUT2D eigenvalue weighted by atomic mass is 10.1. The topological polar surface area (TPSA) is 72.1 Å². The highest BCUT2D eigenvalue weighted by Crippen LogP contribution is 2.36. The molecule has 2 N–H and O–H groups in total. The van der Waals surface area contributed by atoms with E-state index in [2.05, 4.69) is 31.7 Å². The number of aryl methyl sites for hydroxylation is 1. The average Bonchev–Trinajstić information content (AvgIpc) is 3.23. The first-order valence-electron chi connectivity index (χ1n) is 8.04. The van der Waals surface area contributed by atoms with Crippen molar-refractivity contribution in [1.82, 2.24) is 9.78 Å². The molecule has 0 fully saturated rings. The summed E-state index contributed by atoms with van der Waals surface area (Å²) in [6.45, 7) is 0. The fourth-order valence-corrected chi connectivity index (χ4v) is 3.56. The molecule has 27 heavy (non-hydrogen) atoms. The van der Waals surface area contributed by atoms with E-state index in [0.29, 0.717) is 16.4 Å². The van der Waals surface area contributed by atoms with Gasteiger partial charge in [-0.15, -0.1) is 0 Å². The first-order valence-corrected chi connectivity index (χ1v) is 9.21. The van der Waals surface area contributed by atoms with E-state index in [4.69, 9.17) is 16.0 Å². The van der Waals surface area contributed by atoms with Crippen molar-refractivity contribution in [2.45, 2.75) is 0 Å². The van der Waals surface area contributed by atoms with Gasteiger partial charge in [0.2, 0.25) is 0 Å². The molecule has 0 aliphatic carbocycles. The summed E-state index contributed by atoms with van der Waals surface area (Å²) in [4.78, 5) is 12.4. The van der Waals surface area contributed by atoms with Crippen LogP contribution in [0.25, 0.3) is 22.2 Å². The van der Waals surface area contributed by atoms with Gasteiger partial charge < -0.3 is 15.1 Å². The Morgan fingerprint density at radius 1 is 1.15 bits per heavy atom. The fraction of sp³-hybridized carbons (Fsp3) is 0.0526. The molecule has 2 aromatic carbocycles. The van der Waals surface area contributed by atoms with Gasteiger partial charge in [0.1, 0.15) is 5.58 Å². The fourth-order valence-electron chi connectivity index (χ4n) is 2.87. The minimum atomic E-state index is -0.352. The lowest BCUT2D eigenvalue weighted by Crippen LogP contribution is -2.19. The van der Waals surface area contributed by atoms with Gasteiger partial charge in [-0.3, -0.25) is 4.68 Å². The standard InChI is InChI=1S/C19H14BrClN4O2/c1-25-17(16(20)10-22-25)15-9-14(8-11-6-7-27-18(11)15)24-19(26)23-13-4-2-12(21)3-5-13/h2-10H,1H3,(H2,23,24,26). The number of benzene rings is 2. The van der Waals surface area contributed by atoms with Crippen LogP contribution in [-0.2, 0) is 7.05 Å². The zero-order valence-electron chi connectivity index (χ0n) is 14.2. The molecule has 0 spiro atoms. The Kier molecular flexibility index (Phi) is 4.63. The van der Waals surface area contributed by atoms with Crippen molar-refractivity contribution in [2.75, 3.05) is 10.6 Å². The highest BCUT2D eigenvalue weighted by Gasteiger charge is 2.16. The third-order valence-corrected chi connectivity index (χ3v) is 4.89. The molecule has 0 atom stereocenters. The molecule has 8 heteroatoms. The molecule has 0 aliphatic heterocycles. The lowest BCUT2D eigenvalue weighted by Gasteiger charge is -2.11. The maximum atomic E-state index is 12.4. The maximum absolute atomic E-state index is 12.4. The first-order chi connectivity index (χ1) is 13.0. The summed E-state index contributed by atoms with van der Waals surface area (Å²) >= 11 is 9.38. The minimum absolute atomic E-state index is 0.352. The summed E-state index contributed by atoms with van der Waals surface area (Å²) in [6.07, 6.45) is 3.34. The quantitative estimate of drug-likeness (QED) is 0.413. The highest BCUT2D eigenvalue weighted by atomic mass is 79.9. The Balaban J connectivity index is 1.66. The van der Waals surface area contributed by atoms with E-state index in [9.17, 15) is 4.79 Å². The summed E-state index contributed by atoms with van der Waals surface area (Å²) in [5.41, 5.74) is 3.69. The summed E-state index contributed by atoms with van der Waals surface area (Å²) < 4.78 is 8.23. The number of furan rings is 1. The van der Waals surface area contributed by atoms with Crippen molar-refractivity contribution in [3.05, 3.63) is 64.4 Å². The monoisotopic (exact) mass is 444 g/mol. The van der Waals surface area contributed by atoms with E-state index in [1.807, 2.05) is 25.2 Å². The van der Waals surface area contributed by atoms with E-state index < -0.39 is 0 Å². The molecule has 4 aromatic rings. The third kappa shape index (κ3) is 3.56. The van der Waals surface area contributed by atoms with E-state index in [1.54, 1.807) is 41.4 Å². The molecule has 0 saturated heterocycles. The van der Waals surface area contributed by atoms with Gasteiger partial charge in [-0.25, -0.2) is 4.79 Å². The van der Waals surface area contributed by atoms with E-state index in [0.717, 1.165) is 26.7 Å². The van der Waals surface area contributed by atoms with Crippen LogP contribution in [0.4, 0.5) is 16.2 Å². The summed E-state index contributed by atoms with van der Waals surface area (Å²) in [5, 5.41) is 11.4. The second-order valence-corrected chi connectivity index (χ2v) is 7.20. The number of hydrogen-bond acceptors (Lipinski definition) is 3. The number of fused-ring (bicyclic) bond motifs is 1. The Morgan fingerprint density at radius 2 is 1.89 bits per heavy atom. The third-order valence-electron chi connectivity index (χ3n) is 4.06. The first kappa shape index (κ1) is 17.6. The predicted molar refractivity (Wildman–Crippen MR) is 110 cm³/mol. The van der Waals surface area contributed by atoms with Gasteiger partial charge in [0.05, 0.1) is 22.6 Å². The van der Waals surface area contributed by atoms with Gasteiger partial charge in [-0.05, 0) is 58.4 Å². The van der Waals surface area contributed by atoms with Crippen LogP contribution >= 0.6 is 27.5 Å². The summed E-state index contributed by atoms with van der Waals surface area (Å²) in [7, 11) is 1.85. The number of hydrogen-bond donors (Lipinski definition) is 2. The molecule has 136 valence electrons. The Hall–Kier alpha value is -2.77. The van der Waals surface area contributed by atoms with Crippen LogP contribution in [0.1, 0.15) is 0 Å². The van der Waals surface area contributed by atoms with Crippen LogP contribution in [0.3, 0.4) is 0 Å². The maximum Gasteiger partial charge on any atom is 0.323 e. The average molecular weight is 446 g/mol. The van der Waals surface area contributed by atoms with Gasteiger partial charge in [0.25, 0.3) is 0 Å². The van der Waals surface area contributed by atoms with Crippen molar-refractivity contribution in [3.8, 4) is 11.3 Å². The number of amides is 2. The van der Waals surface area contributed by atoms with Crippen LogP contribution < -0.4 is 10.6 Å². The Morgan fingerprint density at radius 3 is 2.59 bits per heavy atom. The van der Waals surface area contributed by atoms with Crippen LogP contribution in [0.15, 0.2) is 63.8 Å². The van der Waals surface area contributed by atoms with Crippen LogP contribution in [0.2, 0.25) is 5.02 Å². The minimum Gasteiger partial charge on any atom is -0.464 e. The zero-order chi connectivity index (χ0) is 19.0. The van der Waals surface area contributed by atoms with Crippen LogP contribution in [0, 0.1) is 0 Å². The number of urea groups is 1. The molecular weight excluding hydrogens is 432 g/mol. The lowest BCUT2D eigenvalue weighted by molar-refractivity contribution is 0.262. The van der Waals surface area contributed by atoms with Crippen LogP contribution in [-0.4, -0.2) is 15.8 Å². The van der Waals surface area contributed by atoms with Gasteiger partial charge in [-0.1, -0.05) is 11.6 Å². The second kappa shape index (κ2) is 7.09. The van der Waals surface area contributed by atoms with Crippen molar-refractivity contribution in [3.63, 3.8) is 0 Å². The van der Waals surface area contributed by atoms with Gasteiger partial charge >= 0.3 is 6.03 Å². The number of carbonyl (C=O) groups excluding carboxylic acids is 1. The van der Waals surface area contributed by atoms with Gasteiger partial charge in [0.15, 0.2) is 0 Å². The van der Waals surface area contributed by atoms with E-state index in [1.165, 1.54) is 0 Å². The predicted octanol–water partition coefficient (Wildman–Crippen LogP) is 5.89. The Bertz CT molecular complexity index is 1120. The second-order valence-electron chi connectivity index (χ2n) is 5.91. The van der Waals surface area contributed by atoms with Crippen LogP contribution in [0.5, 0.6) is 0 Å². The molecule has 6 nitrogen and oxygen atoms in total. The van der Waals surface area contributed by atoms with Gasteiger partial charge in [0, 0.05) is 34.4 Å². The van der Waals surface area contributed by atoms with Crippen molar-refractivity contribution >= 4 is 55.9 Å². The molecule has 2 heterocycles. The molecule has 4 rings (SSSR count). The van der Waals surface area contributed by atoms with Crippen molar-refractivity contribution in [2.24, 2.45) is 7.05 Å².